The Morgan fingerprint density at radius 3 is 2.54 bits per heavy atom. The maximum atomic E-state index is 11.4. The van der Waals surface area contributed by atoms with E-state index < -0.39 is 10.8 Å². The zero-order valence-electron chi connectivity index (χ0n) is 12.3. The minimum atomic E-state index is -0.618. The summed E-state index contributed by atoms with van der Waals surface area (Å²) in [6.07, 6.45) is 0. The van der Waals surface area contributed by atoms with Crippen molar-refractivity contribution >= 4 is 44.0 Å². The zero-order chi connectivity index (χ0) is 17.3. The number of rotatable bonds is 4. The number of nitrogens with one attached hydrogen (secondary N) is 1. The predicted molar refractivity (Wildman–Crippen MR) is 94.1 cm³/mol. The molecule has 0 saturated carbocycles. The number of aromatic nitrogens is 1. The third kappa shape index (κ3) is 2.79. The maximum Gasteiger partial charge on any atom is 0.291 e. The van der Waals surface area contributed by atoms with Crippen molar-refractivity contribution in [2.45, 2.75) is 0 Å². The minimum Gasteiger partial charge on any atom is -0.383 e. The molecule has 0 bridgehead atoms. The summed E-state index contributed by atoms with van der Waals surface area (Å²) in [6.45, 7) is 0. The molecule has 0 radical (unpaired) electrons. The molecule has 0 spiro atoms. The van der Waals surface area contributed by atoms with Crippen molar-refractivity contribution < 1.29 is 4.92 Å². The van der Waals surface area contributed by atoms with Crippen LogP contribution in [-0.2, 0) is 0 Å². The van der Waals surface area contributed by atoms with Crippen molar-refractivity contribution in [2.75, 3.05) is 0 Å². The molecule has 1 aromatic heterocycles. The van der Waals surface area contributed by atoms with Gasteiger partial charge in [0.1, 0.15) is 11.7 Å². The first-order valence-corrected chi connectivity index (χ1v) is 7.61. The first kappa shape index (κ1) is 15.6. The molecule has 1 heterocycles. The highest BCUT2D eigenvalue weighted by Crippen LogP contribution is 2.29. The maximum absolute atomic E-state index is 11.4. The van der Waals surface area contributed by atoms with Gasteiger partial charge in [0.15, 0.2) is 0 Å². The molecule has 0 aliphatic carbocycles. The van der Waals surface area contributed by atoms with E-state index >= 15 is 0 Å². The number of hydrogen-bond acceptors (Lipinski definition) is 6. The van der Waals surface area contributed by atoms with Crippen molar-refractivity contribution in [2.24, 2.45) is 16.5 Å². The quantitative estimate of drug-likeness (QED) is 0.289. The fourth-order valence-electron chi connectivity index (χ4n) is 2.24. The average molecular weight is 340 g/mol. The number of hydrogen-bond donors (Lipinski definition) is 3. The summed E-state index contributed by atoms with van der Waals surface area (Å²) >= 11 is 1.33. The van der Waals surface area contributed by atoms with E-state index in [-0.39, 0.29) is 22.6 Å². The van der Waals surface area contributed by atoms with Crippen molar-refractivity contribution in [3.63, 3.8) is 0 Å². The highest BCUT2D eigenvalue weighted by Gasteiger charge is 2.23. The average Bonchev–Trinajstić information content (AvgIpc) is 2.96. The summed E-state index contributed by atoms with van der Waals surface area (Å²) in [5.74, 6) is -0.458. The van der Waals surface area contributed by atoms with Crippen LogP contribution in [0, 0.1) is 15.5 Å². The Kier molecular flexibility index (Phi) is 3.92. The lowest BCUT2D eigenvalue weighted by atomic mass is 10.1. The van der Waals surface area contributed by atoms with E-state index in [1.807, 2.05) is 24.3 Å². The Labute approximate surface area is 140 Å². The van der Waals surface area contributed by atoms with Gasteiger partial charge in [-0.15, -0.1) is 0 Å². The monoisotopic (exact) mass is 340 g/mol. The van der Waals surface area contributed by atoms with Gasteiger partial charge in [-0.05, 0) is 24.3 Å². The Balaban J connectivity index is 2.12. The summed E-state index contributed by atoms with van der Waals surface area (Å²) in [6, 6.07) is 11.9. The summed E-state index contributed by atoms with van der Waals surface area (Å²) < 4.78 is 0.941. The van der Waals surface area contributed by atoms with E-state index in [0.717, 1.165) is 10.2 Å². The Morgan fingerprint density at radius 1 is 1.17 bits per heavy atom. The summed E-state index contributed by atoms with van der Waals surface area (Å²) in [5.41, 5.74) is 11.9. The third-order valence-corrected chi connectivity index (χ3v) is 4.21. The second-order valence-corrected chi connectivity index (χ2v) is 5.84. The summed E-state index contributed by atoms with van der Waals surface area (Å²) in [5, 5.41) is 19.3. The van der Waals surface area contributed by atoms with E-state index in [0.29, 0.717) is 5.13 Å². The van der Waals surface area contributed by atoms with Gasteiger partial charge in [-0.1, -0.05) is 29.5 Å². The molecule has 120 valence electrons. The molecule has 24 heavy (non-hydrogen) atoms. The number of nitrogen functional groups attached to an aromatic ring is 1. The smallest absolute Gasteiger partial charge is 0.291 e. The Morgan fingerprint density at radius 2 is 1.88 bits per heavy atom. The summed E-state index contributed by atoms with van der Waals surface area (Å²) in [4.78, 5) is 19.3. The second kappa shape index (κ2) is 6.05. The minimum absolute atomic E-state index is 0.0000464. The zero-order valence-corrected chi connectivity index (χ0v) is 13.1. The number of nitrogens with zero attached hydrogens (tertiary/aromatic N) is 3. The number of fused-ring (bicyclic) bond motifs is 1. The molecule has 0 atom stereocenters. The van der Waals surface area contributed by atoms with Gasteiger partial charge >= 0.3 is 0 Å². The molecule has 0 aliphatic heterocycles. The summed E-state index contributed by atoms with van der Waals surface area (Å²) in [7, 11) is 0. The van der Waals surface area contributed by atoms with Gasteiger partial charge in [0, 0.05) is 0 Å². The molecular formula is C15H12N6O2S. The molecule has 5 N–H and O–H groups in total. The van der Waals surface area contributed by atoms with Crippen molar-refractivity contribution in [1.82, 2.24) is 4.98 Å². The van der Waals surface area contributed by atoms with E-state index in [4.69, 9.17) is 16.9 Å². The molecule has 0 fully saturated rings. The molecule has 3 aromatic rings. The standard InChI is InChI=1S/C15H12N6O2S/c16-13(17)8-4-3-5-9(12(8)21(22)23)14(18)20-15-19-10-6-1-2-7-11(10)24-15/h1-7H,(H3,16,17)(H2,18,19,20). The van der Waals surface area contributed by atoms with Crippen LogP contribution in [0.5, 0.6) is 0 Å². The molecule has 0 amide bonds. The number of aliphatic imine (C=N–C) groups is 1. The van der Waals surface area contributed by atoms with Gasteiger partial charge in [-0.3, -0.25) is 15.5 Å². The first-order chi connectivity index (χ1) is 11.5. The van der Waals surface area contributed by atoms with Crippen LogP contribution in [0.1, 0.15) is 11.1 Å². The van der Waals surface area contributed by atoms with Gasteiger partial charge < -0.3 is 11.5 Å². The number of nitro groups is 1. The number of nitrogens with two attached hydrogens (primary N) is 2. The Hall–Kier alpha value is -3.33. The van der Waals surface area contributed by atoms with Crippen LogP contribution in [0.3, 0.4) is 0 Å². The van der Waals surface area contributed by atoms with Gasteiger partial charge in [-0.25, -0.2) is 9.98 Å². The van der Waals surface area contributed by atoms with Crippen LogP contribution in [0.15, 0.2) is 47.5 Å². The lowest BCUT2D eigenvalue weighted by Gasteiger charge is -2.06. The van der Waals surface area contributed by atoms with E-state index in [9.17, 15) is 10.1 Å². The predicted octanol–water partition coefficient (Wildman–Crippen LogP) is 2.53. The highest BCUT2D eigenvalue weighted by atomic mass is 32.1. The number of thiazole rings is 1. The fraction of sp³-hybridized carbons (Fsp3) is 0. The third-order valence-electron chi connectivity index (χ3n) is 3.28. The molecule has 0 unspecified atom stereocenters. The van der Waals surface area contributed by atoms with Gasteiger partial charge in [-0.2, -0.15) is 0 Å². The first-order valence-electron chi connectivity index (χ1n) is 6.79. The number of para-hydroxylation sites is 2. The number of benzene rings is 2. The lowest BCUT2D eigenvalue weighted by Crippen LogP contribution is -2.19. The normalized spacial score (nSPS) is 11.6. The van der Waals surface area contributed by atoms with Crippen molar-refractivity contribution in [3.8, 4) is 0 Å². The second-order valence-electron chi connectivity index (χ2n) is 4.83. The highest BCUT2D eigenvalue weighted by molar-refractivity contribution is 7.22. The van der Waals surface area contributed by atoms with E-state index in [2.05, 4.69) is 9.98 Å². The van der Waals surface area contributed by atoms with Gasteiger partial charge in [0.05, 0.1) is 26.3 Å². The van der Waals surface area contributed by atoms with Crippen LogP contribution in [0.2, 0.25) is 0 Å². The van der Waals surface area contributed by atoms with Gasteiger partial charge in [0.2, 0.25) is 5.13 Å². The number of nitro benzene ring substituents is 1. The SMILES string of the molecule is N=C(N)c1cccc(/C(N)=N/c2nc3ccccc3s2)c1[N+](=O)[O-]. The van der Waals surface area contributed by atoms with Crippen LogP contribution in [0.4, 0.5) is 10.8 Å². The Bertz CT molecular complexity index is 962. The molecule has 8 nitrogen and oxygen atoms in total. The molecule has 3 rings (SSSR count). The molecule has 0 aliphatic rings. The number of amidine groups is 2. The lowest BCUT2D eigenvalue weighted by molar-refractivity contribution is -0.385. The van der Waals surface area contributed by atoms with Crippen LogP contribution in [-0.4, -0.2) is 21.6 Å². The fourth-order valence-corrected chi connectivity index (χ4v) is 3.08. The molecule has 2 aromatic carbocycles. The molecule has 0 saturated heterocycles. The van der Waals surface area contributed by atoms with Crippen LogP contribution >= 0.6 is 11.3 Å². The topological polar surface area (TPSA) is 144 Å². The molecular weight excluding hydrogens is 328 g/mol. The van der Waals surface area contributed by atoms with Crippen molar-refractivity contribution in [3.05, 3.63) is 63.7 Å². The van der Waals surface area contributed by atoms with E-state index in [1.165, 1.54) is 23.5 Å². The largest absolute Gasteiger partial charge is 0.383 e. The molecule has 9 heteroatoms. The van der Waals surface area contributed by atoms with Crippen molar-refractivity contribution in [1.29, 1.82) is 5.41 Å². The van der Waals surface area contributed by atoms with Crippen LogP contribution < -0.4 is 11.5 Å². The van der Waals surface area contributed by atoms with E-state index in [1.54, 1.807) is 6.07 Å². The van der Waals surface area contributed by atoms with Gasteiger partial charge in [0.25, 0.3) is 5.69 Å². The van der Waals surface area contributed by atoms with Crippen LogP contribution in [0.25, 0.3) is 10.2 Å².